The average Bonchev–Trinajstić information content (AvgIpc) is 3.11. The van der Waals surface area contributed by atoms with E-state index < -0.39 is 0 Å². The van der Waals surface area contributed by atoms with Crippen LogP contribution in [-0.2, 0) is 4.79 Å². The first kappa shape index (κ1) is 12.9. The molecule has 1 saturated heterocycles. The molecule has 1 amide bonds. The van der Waals surface area contributed by atoms with Crippen LogP contribution in [0, 0.1) is 0 Å². The highest BCUT2D eigenvalue weighted by Crippen LogP contribution is 2.17. The van der Waals surface area contributed by atoms with Crippen LogP contribution in [0.15, 0.2) is 39.8 Å². The fraction of sp³-hybridized carbons (Fsp3) is 0.0833. The Kier molecular flexibility index (Phi) is 3.84. The van der Waals surface area contributed by atoms with Crippen LogP contribution in [0.4, 0.5) is 0 Å². The number of hydrogen-bond donors (Lipinski definition) is 1. The van der Waals surface area contributed by atoms with Crippen molar-refractivity contribution in [1.29, 1.82) is 0 Å². The molecule has 20 heavy (non-hydrogen) atoms. The minimum atomic E-state index is -0.0369. The maximum absolute atomic E-state index is 11.0. The quantitative estimate of drug-likeness (QED) is 0.692. The molecule has 0 spiro atoms. The molecule has 0 radical (unpaired) electrons. The molecule has 0 saturated carbocycles. The van der Waals surface area contributed by atoms with Crippen LogP contribution >= 0.6 is 23.3 Å². The second-order valence-electron chi connectivity index (χ2n) is 3.90. The van der Waals surface area contributed by atoms with Gasteiger partial charge in [0.25, 0.3) is 0 Å². The molecule has 0 unspecified atom stereocenters. The van der Waals surface area contributed by atoms with Crippen molar-refractivity contribution in [2.45, 2.75) is 0 Å². The molecule has 2 heterocycles. The summed E-state index contributed by atoms with van der Waals surface area (Å²) < 4.78 is 3.83. The predicted molar refractivity (Wildman–Crippen MR) is 81.0 cm³/mol. The number of amides is 1. The molecule has 8 heteroatoms. The molecule has 100 valence electrons. The zero-order valence-electron chi connectivity index (χ0n) is 10.2. The van der Waals surface area contributed by atoms with Gasteiger partial charge in [-0.2, -0.15) is 5.10 Å². The number of nitrogens with one attached hydrogen (secondary N) is 1. The van der Waals surface area contributed by atoms with Gasteiger partial charge in [0.1, 0.15) is 5.69 Å². The summed E-state index contributed by atoms with van der Waals surface area (Å²) in [6.07, 6.45) is 1.64. The minimum absolute atomic E-state index is 0.0369. The molecule has 0 aliphatic carbocycles. The highest BCUT2D eigenvalue weighted by atomic mass is 32.2. The van der Waals surface area contributed by atoms with Gasteiger partial charge in [0.05, 0.1) is 12.0 Å². The number of nitrogens with zero attached hydrogens (tertiary/aromatic N) is 4. The summed E-state index contributed by atoms with van der Waals surface area (Å²) in [4.78, 5) is 11.0. The summed E-state index contributed by atoms with van der Waals surface area (Å²) in [6, 6.07) is 7.77. The lowest BCUT2D eigenvalue weighted by molar-refractivity contribution is -0.116. The van der Waals surface area contributed by atoms with E-state index in [2.05, 4.69) is 25.1 Å². The number of carbonyl (C=O) groups excluding carboxylic acids is 1. The Balaban J connectivity index is 1.68. The Morgan fingerprint density at radius 3 is 2.80 bits per heavy atom. The van der Waals surface area contributed by atoms with Crippen LogP contribution in [0.25, 0.3) is 11.3 Å². The molecule has 0 atom stereocenters. The van der Waals surface area contributed by atoms with Gasteiger partial charge >= 0.3 is 0 Å². The molecule has 1 N–H and O–H groups in total. The van der Waals surface area contributed by atoms with Crippen molar-refractivity contribution in [3.8, 4) is 11.3 Å². The van der Waals surface area contributed by atoms with Crippen molar-refractivity contribution in [3.63, 3.8) is 0 Å². The maximum Gasteiger partial charge on any atom is 0.236 e. The standard InChI is InChI=1S/C12H9N5OS2/c18-11-7-19-12(14-11)16-13-5-8-1-3-9(4-2-8)10-6-20-17-15-10/h1-6H,7H2,(H,14,16,18). The largest absolute Gasteiger partial charge is 0.303 e. The predicted octanol–water partition coefficient (Wildman–Crippen LogP) is 1.76. The molecule has 1 aromatic carbocycles. The van der Waals surface area contributed by atoms with E-state index in [4.69, 9.17) is 0 Å². The van der Waals surface area contributed by atoms with Crippen LogP contribution < -0.4 is 5.32 Å². The average molecular weight is 303 g/mol. The van der Waals surface area contributed by atoms with E-state index in [9.17, 15) is 4.79 Å². The van der Waals surface area contributed by atoms with E-state index in [0.29, 0.717) is 10.9 Å². The van der Waals surface area contributed by atoms with E-state index in [-0.39, 0.29) is 5.91 Å². The van der Waals surface area contributed by atoms with E-state index in [0.717, 1.165) is 16.8 Å². The van der Waals surface area contributed by atoms with Crippen molar-refractivity contribution in [1.82, 2.24) is 14.9 Å². The SMILES string of the molecule is O=C1CSC(=NN=Cc2ccc(-c3csnn3)cc2)N1. The van der Waals surface area contributed by atoms with Crippen LogP contribution in [0.3, 0.4) is 0 Å². The molecule has 1 aliphatic heterocycles. The number of benzene rings is 1. The molecule has 3 rings (SSSR count). The second-order valence-corrected chi connectivity index (χ2v) is 5.47. The van der Waals surface area contributed by atoms with Gasteiger partial charge in [0.2, 0.25) is 5.91 Å². The summed E-state index contributed by atoms with van der Waals surface area (Å²) in [7, 11) is 0. The number of carbonyl (C=O) groups is 1. The Morgan fingerprint density at radius 2 is 2.15 bits per heavy atom. The smallest absolute Gasteiger partial charge is 0.236 e. The molecule has 1 fully saturated rings. The lowest BCUT2D eigenvalue weighted by Crippen LogP contribution is -2.19. The Bertz CT molecular complexity index is 664. The lowest BCUT2D eigenvalue weighted by atomic mass is 10.1. The van der Waals surface area contributed by atoms with Crippen molar-refractivity contribution < 1.29 is 4.79 Å². The molecule has 2 aromatic rings. The topological polar surface area (TPSA) is 79.6 Å². The fourth-order valence-corrected chi connectivity index (χ4v) is 2.65. The van der Waals surface area contributed by atoms with Gasteiger partial charge in [0.15, 0.2) is 5.17 Å². The van der Waals surface area contributed by atoms with Gasteiger partial charge in [0, 0.05) is 10.9 Å². The summed E-state index contributed by atoms with van der Waals surface area (Å²) in [5.41, 5.74) is 2.81. The van der Waals surface area contributed by atoms with Crippen molar-refractivity contribution >= 4 is 40.6 Å². The van der Waals surface area contributed by atoms with Gasteiger partial charge in [-0.3, -0.25) is 4.79 Å². The van der Waals surface area contributed by atoms with E-state index in [1.165, 1.54) is 23.3 Å². The van der Waals surface area contributed by atoms with Crippen LogP contribution in [0.1, 0.15) is 5.56 Å². The third kappa shape index (κ3) is 3.09. The van der Waals surface area contributed by atoms with Gasteiger partial charge in [-0.1, -0.05) is 40.5 Å². The van der Waals surface area contributed by atoms with E-state index in [1.54, 1.807) is 6.21 Å². The highest BCUT2D eigenvalue weighted by Gasteiger charge is 2.15. The Labute approximate surface area is 123 Å². The van der Waals surface area contributed by atoms with Crippen molar-refractivity contribution in [3.05, 3.63) is 35.2 Å². The Hall–Kier alpha value is -2.06. The summed E-state index contributed by atoms with van der Waals surface area (Å²) >= 11 is 2.67. The first-order valence-corrected chi connectivity index (χ1v) is 7.55. The zero-order chi connectivity index (χ0) is 13.8. The van der Waals surface area contributed by atoms with Crippen molar-refractivity contribution in [2.24, 2.45) is 10.2 Å². The number of thioether (sulfide) groups is 1. The number of hydrogen-bond acceptors (Lipinski definition) is 7. The van der Waals surface area contributed by atoms with Gasteiger partial charge in [-0.15, -0.1) is 10.2 Å². The third-order valence-corrected chi connectivity index (χ3v) is 3.88. The van der Waals surface area contributed by atoms with Crippen LogP contribution in [0.5, 0.6) is 0 Å². The molecule has 1 aromatic heterocycles. The van der Waals surface area contributed by atoms with Crippen molar-refractivity contribution in [2.75, 3.05) is 5.75 Å². The molecule has 0 bridgehead atoms. The number of aromatic nitrogens is 2. The first-order valence-electron chi connectivity index (χ1n) is 5.72. The molecule has 6 nitrogen and oxygen atoms in total. The zero-order valence-corrected chi connectivity index (χ0v) is 11.8. The summed E-state index contributed by atoms with van der Waals surface area (Å²) in [5.74, 6) is 0.371. The second kappa shape index (κ2) is 5.93. The summed E-state index contributed by atoms with van der Waals surface area (Å²) in [6.45, 7) is 0. The monoisotopic (exact) mass is 303 g/mol. The normalized spacial score (nSPS) is 17.0. The highest BCUT2D eigenvalue weighted by molar-refractivity contribution is 8.15. The first-order chi connectivity index (χ1) is 9.81. The fourth-order valence-electron chi connectivity index (χ4n) is 1.56. The summed E-state index contributed by atoms with van der Waals surface area (Å²) in [5, 5.41) is 16.9. The van der Waals surface area contributed by atoms with E-state index in [1.807, 2.05) is 29.6 Å². The number of rotatable bonds is 3. The Morgan fingerprint density at radius 1 is 1.30 bits per heavy atom. The van der Waals surface area contributed by atoms with Crippen LogP contribution in [0.2, 0.25) is 0 Å². The van der Waals surface area contributed by atoms with Gasteiger partial charge in [-0.25, -0.2) is 0 Å². The van der Waals surface area contributed by atoms with E-state index >= 15 is 0 Å². The maximum atomic E-state index is 11.0. The molecular formula is C12H9N5OS2. The lowest BCUT2D eigenvalue weighted by Gasteiger charge is -1.96. The van der Waals surface area contributed by atoms with Gasteiger partial charge < -0.3 is 5.32 Å². The minimum Gasteiger partial charge on any atom is -0.303 e. The molecular weight excluding hydrogens is 294 g/mol. The van der Waals surface area contributed by atoms with Crippen LogP contribution in [-0.4, -0.2) is 32.6 Å². The van der Waals surface area contributed by atoms with Gasteiger partial charge in [-0.05, 0) is 17.1 Å². The third-order valence-electron chi connectivity index (χ3n) is 2.51. The molecule has 1 aliphatic rings. The number of amidine groups is 1.